The Balaban J connectivity index is 2.19. The van der Waals surface area contributed by atoms with Gasteiger partial charge in [0.15, 0.2) is 5.16 Å². The molecular formula is C14H16FN5S. The highest BCUT2D eigenvalue weighted by Crippen LogP contribution is 2.24. The van der Waals surface area contributed by atoms with Crippen molar-refractivity contribution in [3.63, 3.8) is 0 Å². The van der Waals surface area contributed by atoms with E-state index in [2.05, 4.69) is 23.2 Å². The maximum Gasteiger partial charge on any atom is 0.191 e. The summed E-state index contributed by atoms with van der Waals surface area (Å²) in [5.41, 5.74) is 6.77. The molecule has 21 heavy (non-hydrogen) atoms. The lowest BCUT2D eigenvalue weighted by molar-refractivity contribution is 0.592. The Morgan fingerprint density at radius 3 is 2.90 bits per heavy atom. The van der Waals surface area contributed by atoms with Gasteiger partial charge in [-0.25, -0.2) is 4.39 Å². The largest absolute Gasteiger partial charge is 0.324 e. The van der Waals surface area contributed by atoms with Crippen LogP contribution in [0.25, 0.3) is 0 Å². The Morgan fingerprint density at radius 2 is 2.24 bits per heavy atom. The lowest BCUT2D eigenvalue weighted by Gasteiger charge is -2.08. The molecule has 0 aliphatic heterocycles. The molecule has 110 valence electrons. The van der Waals surface area contributed by atoms with Crippen LogP contribution in [-0.4, -0.2) is 14.8 Å². The van der Waals surface area contributed by atoms with E-state index in [1.165, 1.54) is 30.0 Å². The van der Waals surface area contributed by atoms with Crippen LogP contribution in [0.4, 0.5) is 4.39 Å². The van der Waals surface area contributed by atoms with E-state index in [-0.39, 0.29) is 5.82 Å². The van der Waals surface area contributed by atoms with Gasteiger partial charge in [-0.15, -0.1) is 10.2 Å². The van der Waals surface area contributed by atoms with Gasteiger partial charge in [0.1, 0.15) is 11.6 Å². The summed E-state index contributed by atoms with van der Waals surface area (Å²) < 4.78 is 15.3. The number of halogens is 1. The quantitative estimate of drug-likeness (QED) is 0.829. The van der Waals surface area contributed by atoms with Crippen molar-refractivity contribution >= 4 is 11.8 Å². The molecule has 5 nitrogen and oxygen atoms in total. The fourth-order valence-corrected chi connectivity index (χ4v) is 2.93. The van der Waals surface area contributed by atoms with Gasteiger partial charge in [0.2, 0.25) is 0 Å². The van der Waals surface area contributed by atoms with Gasteiger partial charge in [-0.1, -0.05) is 18.7 Å². The van der Waals surface area contributed by atoms with E-state index < -0.39 is 0 Å². The zero-order valence-corrected chi connectivity index (χ0v) is 12.5. The first-order valence-corrected chi connectivity index (χ1v) is 7.61. The molecule has 0 aliphatic rings. The summed E-state index contributed by atoms with van der Waals surface area (Å²) in [6.45, 7) is 3.18. The van der Waals surface area contributed by atoms with Gasteiger partial charge in [-0.05, 0) is 30.2 Å². The number of hydrogen-bond donors (Lipinski definition) is 1. The number of thioether (sulfide) groups is 1. The second kappa shape index (κ2) is 7.20. The molecule has 2 aromatic rings. The molecule has 0 aliphatic carbocycles. The summed E-state index contributed by atoms with van der Waals surface area (Å²) in [5.74, 6) is 0.856. The minimum absolute atomic E-state index is 0.330. The number of nitriles is 1. The molecule has 2 N–H and O–H groups in total. The molecule has 2 rings (SSSR count). The van der Waals surface area contributed by atoms with E-state index in [4.69, 9.17) is 11.0 Å². The SMILES string of the molecule is CCCn1c(CN)nnc1SCc1cc(F)ccc1C#N. The van der Waals surface area contributed by atoms with E-state index in [0.717, 1.165) is 23.9 Å². The monoisotopic (exact) mass is 305 g/mol. The van der Waals surface area contributed by atoms with E-state index in [0.29, 0.717) is 23.4 Å². The molecule has 1 heterocycles. The van der Waals surface area contributed by atoms with Crippen molar-refractivity contribution in [1.82, 2.24) is 14.8 Å². The molecule has 0 fully saturated rings. The fraction of sp³-hybridized carbons (Fsp3) is 0.357. The number of nitrogens with two attached hydrogens (primary N) is 1. The molecule has 0 bridgehead atoms. The lowest BCUT2D eigenvalue weighted by atomic mass is 10.1. The van der Waals surface area contributed by atoms with Crippen molar-refractivity contribution in [2.75, 3.05) is 0 Å². The number of benzene rings is 1. The minimum atomic E-state index is -0.345. The molecule has 0 radical (unpaired) electrons. The van der Waals surface area contributed by atoms with Crippen LogP contribution in [0.3, 0.4) is 0 Å². The van der Waals surface area contributed by atoms with Crippen molar-refractivity contribution in [2.45, 2.75) is 37.3 Å². The van der Waals surface area contributed by atoms with Crippen LogP contribution in [0, 0.1) is 17.1 Å². The number of nitrogens with zero attached hydrogens (tertiary/aromatic N) is 4. The molecule has 0 atom stereocenters. The van der Waals surface area contributed by atoms with Crippen molar-refractivity contribution in [1.29, 1.82) is 5.26 Å². The molecule has 0 amide bonds. The first-order valence-electron chi connectivity index (χ1n) is 6.63. The Kier molecular flexibility index (Phi) is 5.31. The Labute approximate surface area is 127 Å². The van der Waals surface area contributed by atoms with Crippen LogP contribution in [0.1, 0.15) is 30.3 Å². The lowest BCUT2D eigenvalue weighted by Crippen LogP contribution is -2.09. The zero-order valence-electron chi connectivity index (χ0n) is 11.7. The molecule has 0 unspecified atom stereocenters. The van der Waals surface area contributed by atoms with Gasteiger partial charge < -0.3 is 10.3 Å². The van der Waals surface area contributed by atoms with Crippen molar-refractivity contribution < 1.29 is 4.39 Å². The van der Waals surface area contributed by atoms with Crippen LogP contribution < -0.4 is 5.73 Å². The summed E-state index contributed by atoms with van der Waals surface area (Å²) in [4.78, 5) is 0. The predicted octanol–water partition coefficient (Wildman–Crippen LogP) is 2.45. The third kappa shape index (κ3) is 3.60. The highest BCUT2D eigenvalue weighted by Gasteiger charge is 2.12. The minimum Gasteiger partial charge on any atom is -0.324 e. The van der Waals surface area contributed by atoms with Gasteiger partial charge in [0.05, 0.1) is 18.2 Å². The summed E-state index contributed by atoms with van der Waals surface area (Å²) in [7, 11) is 0. The van der Waals surface area contributed by atoms with Gasteiger partial charge >= 0.3 is 0 Å². The van der Waals surface area contributed by atoms with E-state index in [1.54, 1.807) is 0 Å². The second-order valence-electron chi connectivity index (χ2n) is 4.46. The maximum absolute atomic E-state index is 13.3. The summed E-state index contributed by atoms with van der Waals surface area (Å²) in [6.07, 6.45) is 0.946. The Morgan fingerprint density at radius 1 is 1.43 bits per heavy atom. The van der Waals surface area contributed by atoms with Crippen molar-refractivity contribution in [3.05, 3.63) is 41.0 Å². The predicted molar refractivity (Wildman–Crippen MR) is 78.9 cm³/mol. The van der Waals surface area contributed by atoms with Crippen molar-refractivity contribution in [3.8, 4) is 6.07 Å². The molecular weight excluding hydrogens is 289 g/mol. The zero-order chi connectivity index (χ0) is 15.2. The maximum atomic E-state index is 13.3. The van der Waals surface area contributed by atoms with E-state index in [9.17, 15) is 4.39 Å². The van der Waals surface area contributed by atoms with E-state index >= 15 is 0 Å². The Hall–Kier alpha value is -1.91. The molecule has 7 heteroatoms. The molecule has 0 spiro atoms. The van der Waals surface area contributed by atoms with E-state index in [1.807, 2.05) is 4.57 Å². The summed E-state index contributed by atoms with van der Waals surface area (Å²) >= 11 is 1.43. The highest BCUT2D eigenvalue weighted by atomic mass is 32.2. The first-order chi connectivity index (χ1) is 10.2. The third-order valence-electron chi connectivity index (χ3n) is 2.97. The third-order valence-corrected chi connectivity index (χ3v) is 3.98. The summed E-state index contributed by atoms with van der Waals surface area (Å²) in [6, 6.07) is 6.24. The van der Waals surface area contributed by atoms with Gasteiger partial charge in [0, 0.05) is 12.3 Å². The van der Waals surface area contributed by atoms with Crippen LogP contribution >= 0.6 is 11.8 Å². The van der Waals surface area contributed by atoms with Crippen LogP contribution in [0.5, 0.6) is 0 Å². The normalized spacial score (nSPS) is 10.6. The van der Waals surface area contributed by atoms with Crippen LogP contribution in [0.15, 0.2) is 23.4 Å². The first kappa shape index (κ1) is 15.5. The molecule has 0 saturated carbocycles. The fourth-order valence-electron chi connectivity index (χ4n) is 1.96. The number of rotatable bonds is 6. The topological polar surface area (TPSA) is 80.5 Å². The van der Waals surface area contributed by atoms with Crippen LogP contribution in [0.2, 0.25) is 0 Å². The molecule has 1 aromatic heterocycles. The van der Waals surface area contributed by atoms with Crippen LogP contribution in [-0.2, 0) is 18.8 Å². The average Bonchev–Trinajstić information content (AvgIpc) is 2.88. The standard InChI is InChI=1S/C14H16FN5S/c1-2-5-20-13(8-17)18-19-14(20)21-9-11-6-12(15)4-3-10(11)7-16/h3-4,6H,2,5,8-9,17H2,1H3. The number of aromatic nitrogens is 3. The average molecular weight is 305 g/mol. The van der Waals surface area contributed by atoms with Gasteiger partial charge in [-0.2, -0.15) is 5.26 Å². The van der Waals surface area contributed by atoms with Gasteiger partial charge in [0.25, 0.3) is 0 Å². The smallest absolute Gasteiger partial charge is 0.191 e. The molecule has 1 aromatic carbocycles. The number of hydrogen-bond acceptors (Lipinski definition) is 5. The van der Waals surface area contributed by atoms with Gasteiger partial charge in [-0.3, -0.25) is 0 Å². The molecule has 0 saturated heterocycles. The second-order valence-corrected chi connectivity index (χ2v) is 5.40. The highest BCUT2D eigenvalue weighted by molar-refractivity contribution is 7.98. The summed E-state index contributed by atoms with van der Waals surface area (Å²) in [5, 5.41) is 18.0. The van der Waals surface area contributed by atoms with Crippen molar-refractivity contribution in [2.24, 2.45) is 5.73 Å². The Bertz CT molecular complexity index is 662.